The normalized spacial score (nSPS) is 24.4. The van der Waals surface area contributed by atoms with Crippen molar-refractivity contribution in [1.82, 2.24) is 10.1 Å². The van der Waals surface area contributed by atoms with Crippen molar-refractivity contribution in [3.63, 3.8) is 0 Å². The van der Waals surface area contributed by atoms with Gasteiger partial charge in [-0.25, -0.2) is 4.79 Å². The van der Waals surface area contributed by atoms with Gasteiger partial charge in [-0.05, 0) is 63.1 Å². The lowest BCUT2D eigenvalue weighted by atomic mass is 9.70. The van der Waals surface area contributed by atoms with Crippen molar-refractivity contribution >= 4 is 12.0 Å². The number of rotatable bonds is 7. The van der Waals surface area contributed by atoms with Gasteiger partial charge in [-0.1, -0.05) is 17.3 Å². The molecule has 190 valence electrons. The number of benzene rings is 1. The number of aromatic nitrogens is 1. The zero-order valence-corrected chi connectivity index (χ0v) is 19.3. The predicted octanol–water partition coefficient (Wildman–Crippen LogP) is 4.02. The Hall–Kier alpha value is -3.08. The molecule has 2 saturated carbocycles. The number of nitrogens with two attached hydrogens (primary N) is 1. The fourth-order valence-electron chi connectivity index (χ4n) is 4.84. The number of carbonyl (C=O) groups is 2. The lowest BCUT2D eigenvalue weighted by molar-refractivity contribution is -0.258. The van der Waals surface area contributed by atoms with Gasteiger partial charge in [0.25, 0.3) is 5.91 Å². The number of hydrogen-bond donors (Lipinski definition) is 2. The molecule has 2 fully saturated rings. The Morgan fingerprint density at radius 3 is 2.23 bits per heavy atom. The molecule has 2 aliphatic carbocycles. The average molecular weight is 495 g/mol. The van der Waals surface area contributed by atoms with Crippen LogP contribution in [-0.2, 0) is 15.8 Å². The van der Waals surface area contributed by atoms with E-state index in [0.29, 0.717) is 38.3 Å². The van der Waals surface area contributed by atoms with E-state index in [1.807, 2.05) is 4.90 Å². The predicted molar refractivity (Wildman–Crippen MR) is 117 cm³/mol. The van der Waals surface area contributed by atoms with E-state index in [4.69, 9.17) is 15.0 Å². The number of hydrogen-bond acceptors (Lipinski definition) is 6. The van der Waals surface area contributed by atoms with Crippen LogP contribution in [0.1, 0.15) is 67.1 Å². The molecule has 1 aromatic carbocycles. The molecule has 35 heavy (non-hydrogen) atoms. The molecule has 0 saturated heterocycles. The quantitative estimate of drug-likeness (QED) is 0.599. The van der Waals surface area contributed by atoms with Crippen LogP contribution < -0.4 is 5.73 Å². The van der Waals surface area contributed by atoms with E-state index in [1.54, 1.807) is 6.07 Å². The van der Waals surface area contributed by atoms with Crippen LogP contribution >= 0.6 is 0 Å². The van der Waals surface area contributed by atoms with Crippen LogP contribution in [0, 0.1) is 0 Å². The molecule has 1 aromatic heterocycles. The molecule has 2 aliphatic rings. The minimum absolute atomic E-state index is 0.0551. The summed E-state index contributed by atoms with van der Waals surface area (Å²) in [6.07, 6.45) is -0.121. The number of aliphatic hydroxyl groups is 1. The molecule has 4 rings (SSSR count). The Balaban J connectivity index is 1.50. The van der Waals surface area contributed by atoms with Crippen LogP contribution in [0.25, 0.3) is 0 Å². The van der Waals surface area contributed by atoms with Gasteiger partial charge in [-0.15, -0.1) is 0 Å². The van der Waals surface area contributed by atoms with Crippen molar-refractivity contribution in [2.45, 2.75) is 74.7 Å². The van der Waals surface area contributed by atoms with Crippen LogP contribution in [0.15, 0.2) is 41.1 Å². The molecule has 1 unspecified atom stereocenters. The molecule has 2 aromatic rings. The highest BCUT2D eigenvalue weighted by molar-refractivity contribution is 5.95. The van der Waals surface area contributed by atoms with Crippen molar-refractivity contribution < 1.29 is 37.1 Å². The van der Waals surface area contributed by atoms with Gasteiger partial charge in [0, 0.05) is 23.7 Å². The Morgan fingerprint density at radius 1 is 1.14 bits per heavy atom. The molecule has 1 atom stereocenters. The first-order chi connectivity index (χ1) is 16.4. The average Bonchev–Trinajstić information content (AvgIpc) is 3.48. The van der Waals surface area contributed by atoms with Gasteiger partial charge in [0.05, 0.1) is 11.1 Å². The lowest BCUT2D eigenvalue weighted by Gasteiger charge is -2.42. The van der Waals surface area contributed by atoms with Crippen molar-refractivity contribution in [1.29, 1.82) is 0 Å². The molecule has 0 spiro atoms. The van der Waals surface area contributed by atoms with Crippen LogP contribution in [0.4, 0.5) is 18.0 Å². The zero-order valence-electron chi connectivity index (χ0n) is 19.3. The maximum Gasteiger partial charge on any atom is 0.421 e. The molecular formula is C24H28F3N3O5. The van der Waals surface area contributed by atoms with Crippen molar-refractivity contribution in [3.8, 4) is 0 Å². The molecule has 1 heterocycles. The zero-order chi connectivity index (χ0) is 25.4. The summed E-state index contributed by atoms with van der Waals surface area (Å²) in [5, 5.41) is 13.9. The van der Waals surface area contributed by atoms with Gasteiger partial charge in [-0.2, -0.15) is 13.2 Å². The monoisotopic (exact) mass is 495 g/mol. The molecule has 3 N–H and O–H groups in total. The molecular weight excluding hydrogens is 467 g/mol. The van der Waals surface area contributed by atoms with Gasteiger partial charge < -0.3 is 25.0 Å². The van der Waals surface area contributed by atoms with E-state index in [-0.39, 0.29) is 35.7 Å². The van der Waals surface area contributed by atoms with E-state index < -0.39 is 23.3 Å². The van der Waals surface area contributed by atoms with Gasteiger partial charge in [0.2, 0.25) is 0 Å². The van der Waals surface area contributed by atoms with Gasteiger partial charge in [0.15, 0.2) is 5.60 Å². The van der Waals surface area contributed by atoms with Gasteiger partial charge >= 0.3 is 12.3 Å². The van der Waals surface area contributed by atoms with E-state index in [1.165, 1.54) is 18.4 Å². The van der Waals surface area contributed by atoms with Gasteiger partial charge in [-0.3, -0.25) is 4.79 Å². The topological polar surface area (TPSA) is 119 Å². The number of halogens is 3. The molecule has 11 heteroatoms. The minimum atomic E-state index is -4.84. The summed E-state index contributed by atoms with van der Waals surface area (Å²) in [6, 6.07) is 6.67. The van der Waals surface area contributed by atoms with Crippen LogP contribution in [0.5, 0.6) is 0 Å². The molecule has 0 radical (unpaired) electrons. The van der Waals surface area contributed by atoms with E-state index in [9.17, 15) is 27.9 Å². The summed E-state index contributed by atoms with van der Waals surface area (Å²) in [5.41, 5.74) is 2.20. The third-order valence-corrected chi connectivity index (χ3v) is 7.20. The second-order valence-corrected chi connectivity index (χ2v) is 9.59. The highest BCUT2D eigenvalue weighted by Gasteiger charge is 2.51. The number of amides is 2. The second kappa shape index (κ2) is 9.18. The Bertz CT molecular complexity index is 1040. The van der Waals surface area contributed by atoms with E-state index in [2.05, 4.69) is 5.16 Å². The summed E-state index contributed by atoms with van der Waals surface area (Å²) in [6.45, 7) is 0.741. The second-order valence-electron chi connectivity index (χ2n) is 9.59. The van der Waals surface area contributed by atoms with Crippen molar-refractivity contribution in [2.24, 2.45) is 5.73 Å². The largest absolute Gasteiger partial charge is 0.449 e. The first kappa shape index (κ1) is 25.0. The van der Waals surface area contributed by atoms with E-state index in [0.717, 1.165) is 25.0 Å². The van der Waals surface area contributed by atoms with Crippen molar-refractivity contribution in [3.05, 3.63) is 53.4 Å². The SMILES string of the molecule is CC(O)(c1ccc(C(=O)N(C2CC2)C2CCC(COC(N)=O)(c3ccon3)CC2)cc1)C(F)(F)F. The van der Waals surface area contributed by atoms with Gasteiger partial charge in [0.1, 0.15) is 12.9 Å². The summed E-state index contributed by atoms with van der Waals surface area (Å²) in [7, 11) is 0. The maximum atomic E-state index is 13.4. The van der Waals surface area contributed by atoms with Crippen LogP contribution in [0.3, 0.4) is 0 Å². The fraction of sp³-hybridized carbons (Fsp3) is 0.542. The Morgan fingerprint density at radius 2 is 1.74 bits per heavy atom. The minimum Gasteiger partial charge on any atom is -0.449 e. The smallest absolute Gasteiger partial charge is 0.421 e. The van der Waals surface area contributed by atoms with Crippen molar-refractivity contribution in [2.75, 3.05) is 6.61 Å². The van der Waals surface area contributed by atoms with E-state index >= 15 is 0 Å². The van der Waals surface area contributed by atoms with Crippen LogP contribution in [-0.4, -0.2) is 52.0 Å². The highest BCUT2D eigenvalue weighted by Crippen LogP contribution is 2.43. The number of primary amides is 1. The molecule has 0 bridgehead atoms. The highest BCUT2D eigenvalue weighted by atomic mass is 19.4. The number of ether oxygens (including phenoxy) is 1. The standard InChI is InChI=1S/C24H28F3N3O5/c1-22(33,24(25,26)27)16-4-2-15(3-5-16)20(31)30(17-6-7-17)18-8-11-23(12-9-18,14-34-21(28)32)19-10-13-35-29-19/h2-5,10,13,17-18,33H,6-9,11-12,14H2,1H3,(H2,28,32). The summed E-state index contributed by atoms with van der Waals surface area (Å²) in [5.74, 6) is -0.252. The summed E-state index contributed by atoms with van der Waals surface area (Å²) < 4.78 is 49.6. The number of carbonyl (C=O) groups excluding carboxylic acids is 2. The lowest BCUT2D eigenvalue weighted by Crippen LogP contribution is -2.48. The molecule has 2 amide bonds. The Labute approximate surface area is 200 Å². The summed E-state index contributed by atoms with van der Waals surface area (Å²) >= 11 is 0. The Kier molecular flexibility index (Phi) is 6.56. The third kappa shape index (κ3) is 5.00. The maximum absolute atomic E-state index is 13.4. The number of nitrogens with zero attached hydrogens (tertiary/aromatic N) is 2. The third-order valence-electron chi connectivity index (χ3n) is 7.20. The molecule has 8 nitrogen and oxygen atoms in total. The van der Waals surface area contributed by atoms with Crippen LogP contribution in [0.2, 0.25) is 0 Å². The molecule has 0 aliphatic heterocycles. The number of alkyl halides is 3. The first-order valence-corrected chi connectivity index (χ1v) is 11.5. The fourth-order valence-corrected chi connectivity index (χ4v) is 4.84. The first-order valence-electron chi connectivity index (χ1n) is 11.5. The summed E-state index contributed by atoms with van der Waals surface area (Å²) in [4.78, 5) is 26.5.